The average Bonchev–Trinajstić information content (AvgIpc) is 2.47. The van der Waals surface area contributed by atoms with Gasteiger partial charge in [-0.25, -0.2) is 0 Å². The molecule has 4 nitrogen and oxygen atoms in total. The molecule has 0 spiro atoms. The third kappa shape index (κ3) is 2.17. The smallest absolute Gasteiger partial charge is 0.325 e. The second-order valence-electron chi connectivity index (χ2n) is 5.04. The van der Waals surface area contributed by atoms with Gasteiger partial charge in [-0.15, -0.1) is 0 Å². The fraction of sp³-hybridized carbons (Fsp3) is 0.294. The average molecular weight is 286 g/mol. The third-order valence-corrected chi connectivity index (χ3v) is 4.08. The van der Waals surface area contributed by atoms with E-state index in [2.05, 4.69) is 0 Å². The highest BCUT2D eigenvalue weighted by atomic mass is 16.4. The van der Waals surface area contributed by atoms with Crippen LogP contribution in [0.15, 0.2) is 36.4 Å². The zero-order valence-corrected chi connectivity index (χ0v) is 12.1. The first-order valence-corrected chi connectivity index (χ1v) is 6.96. The van der Waals surface area contributed by atoms with Crippen LogP contribution in [0.3, 0.4) is 0 Å². The van der Waals surface area contributed by atoms with Gasteiger partial charge in [0.2, 0.25) is 0 Å². The molecule has 110 valence electrons. The fourth-order valence-electron chi connectivity index (χ4n) is 2.90. The summed E-state index contributed by atoms with van der Waals surface area (Å²) in [5.41, 5.74) is -0.738. The molecular weight excluding hydrogens is 268 g/mol. The zero-order chi connectivity index (χ0) is 15.6. The van der Waals surface area contributed by atoms with Gasteiger partial charge >= 0.3 is 11.9 Å². The van der Waals surface area contributed by atoms with Crippen LogP contribution in [0.5, 0.6) is 0 Å². The molecule has 0 saturated carbocycles. The summed E-state index contributed by atoms with van der Waals surface area (Å²) in [5, 5.41) is 20.8. The van der Waals surface area contributed by atoms with Gasteiger partial charge in [0.25, 0.3) is 0 Å². The fourth-order valence-corrected chi connectivity index (χ4v) is 2.90. The Kier molecular flexibility index (Phi) is 3.98. The first-order valence-electron chi connectivity index (χ1n) is 6.96. The number of hydrogen-bond donors (Lipinski definition) is 2. The van der Waals surface area contributed by atoms with Crippen molar-refractivity contribution in [3.8, 4) is 0 Å². The van der Waals surface area contributed by atoms with Crippen molar-refractivity contribution < 1.29 is 19.8 Å². The zero-order valence-electron chi connectivity index (χ0n) is 12.1. The maximum absolute atomic E-state index is 11.8. The minimum atomic E-state index is -1.91. The molecule has 0 unspecified atom stereocenters. The Labute approximate surface area is 123 Å². The van der Waals surface area contributed by atoms with Gasteiger partial charge < -0.3 is 10.2 Å². The normalized spacial score (nSPS) is 11.5. The molecule has 21 heavy (non-hydrogen) atoms. The molecule has 0 atom stereocenters. The molecule has 0 aromatic heterocycles. The minimum Gasteiger partial charge on any atom is -0.480 e. The number of hydrogen-bond acceptors (Lipinski definition) is 2. The van der Waals surface area contributed by atoms with Crippen molar-refractivity contribution in [2.24, 2.45) is 0 Å². The number of carboxylic acid groups (broad SMARTS) is 2. The molecule has 2 aromatic rings. The second-order valence-corrected chi connectivity index (χ2v) is 5.04. The lowest BCUT2D eigenvalue weighted by atomic mass is 9.73. The van der Waals surface area contributed by atoms with Crippen LogP contribution in [0.25, 0.3) is 10.8 Å². The van der Waals surface area contributed by atoms with Crippen LogP contribution in [0.4, 0.5) is 0 Å². The summed E-state index contributed by atoms with van der Waals surface area (Å²) in [5.74, 6) is -2.63. The number of aliphatic carboxylic acids is 2. The van der Waals surface area contributed by atoms with Crippen LogP contribution in [-0.4, -0.2) is 22.2 Å². The SMILES string of the molecule is CCc1ccc2ccccc2c1C(CC)(C(=O)O)C(=O)O. The maximum atomic E-state index is 11.8. The van der Waals surface area contributed by atoms with Crippen molar-refractivity contribution >= 4 is 22.7 Å². The van der Waals surface area contributed by atoms with Crippen molar-refractivity contribution in [3.05, 3.63) is 47.5 Å². The van der Waals surface area contributed by atoms with Gasteiger partial charge in [0.15, 0.2) is 5.41 Å². The van der Waals surface area contributed by atoms with Gasteiger partial charge in [0.05, 0.1) is 0 Å². The lowest BCUT2D eigenvalue weighted by molar-refractivity contribution is -0.157. The number of rotatable bonds is 5. The van der Waals surface area contributed by atoms with Crippen molar-refractivity contribution in [2.45, 2.75) is 32.1 Å². The molecule has 4 heteroatoms. The minimum absolute atomic E-state index is 0.00132. The van der Waals surface area contributed by atoms with E-state index in [0.29, 0.717) is 17.4 Å². The van der Waals surface area contributed by atoms with E-state index in [1.165, 1.54) is 0 Å². The number of aryl methyl sites for hydroxylation is 1. The molecule has 0 fully saturated rings. The summed E-state index contributed by atoms with van der Waals surface area (Å²) in [6.07, 6.45) is 0.584. The molecule has 0 bridgehead atoms. The predicted molar refractivity (Wildman–Crippen MR) is 80.6 cm³/mol. The highest BCUT2D eigenvalue weighted by Crippen LogP contribution is 2.37. The Bertz CT molecular complexity index is 689. The van der Waals surface area contributed by atoms with Crippen LogP contribution in [0.2, 0.25) is 0 Å². The summed E-state index contributed by atoms with van der Waals surface area (Å²) in [6.45, 7) is 3.50. The topological polar surface area (TPSA) is 74.6 Å². The van der Waals surface area contributed by atoms with Crippen molar-refractivity contribution in [3.63, 3.8) is 0 Å². The van der Waals surface area contributed by atoms with E-state index in [1.54, 1.807) is 19.1 Å². The van der Waals surface area contributed by atoms with E-state index in [1.807, 2.05) is 31.2 Å². The molecule has 0 aliphatic carbocycles. The Morgan fingerprint density at radius 1 is 1.00 bits per heavy atom. The van der Waals surface area contributed by atoms with Gasteiger partial charge in [-0.1, -0.05) is 50.2 Å². The van der Waals surface area contributed by atoms with Crippen LogP contribution >= 0.6 is 0 Å². The molecule has 0 saturated heterocycles. The van der Waals surface area contributed by atoms with Crippen LogP contribution in [0.1, 0.15) is 31.4 Å². The lowest BCUT2D eigenvalue weighted by Gasteiger charge is -2.28. The Morgan fingerprint density at radius 2 is 1.62 bits per heavy atom. The highest BCUT2D eigenvalue weighted by molar-refractivity contribution is 6.09. The largest absolute Gasteiger partial charge is 0.480 e. The monoisotopic (exact) mass is 286 g/mol. The molecule has 0 aliphatic heterocycles. The lowest BCUT2D eigenvalue weighted by Crippen LogP contribution is -2.44. The van der Waals surface area contributed by atoms with Crippen molar-refractivity contribution in [1.82, 2.24) is 0 Å². The van der Waals surface area contributed by atoms with Crippen LogP contribution in [0, 0.1) is 0 Å². The third-order valence-electron chi connectivity index (χ3n) is 4.08. The van der Waals surface area contributed by atoms with E-state index in [9.17, 15) is 19.8 Å². The molecule has 2 aromatic carbocycles. The van der Waals surface area contributed by atoms with Crippen molar-refractivity contribution in [1.29, 1.82) is 0 Å². The summed E-state index contributed by atoms with van der Waals surface area (Å²) >= 11 is 0. The summed E-state index contributed by atoms with van der Waals surface area (Å²) < 4.78 is 0. The quantitative estimate of drug-likeness (QED) is 0.828. The molecule has 0 heterocycles. The molecule has 0 radical (unpaired) electrons. The van der Waals surface area contributed by atoms with Gasteiger partial charge in [-0.3, -0.25) is 9.59 Å². The molecular formula is C17H18O4. The van der Waals surface area contributed by atoms with Gasteiger partial charge in [0, 0.05) is 0 Å². The van der Waals surface area contributed by atoms with Crippen LogP contribution in [-0.2, 0) is 21.4 Å². The van der Waals surface area contributed by atoms with Crippen LogP contribution < -0.4 is 0 Å². The van der Waals surface area contributed by atoms with Gasteiger partial charge in [0.1, 0.15) is 0 Å². The number of fused-ring (bicyclic) bond motifs is 1. The molecule has 2 N–H and O–H groups in total. The molecule has 0 amide bonds. The second kappa shape index (κ2) is 5.56. The van der Waals surface area contributed by atoms with Crippen molar-refractivity contribution in [2.75, 3.05) is 0 Å². The van der Waals surface area contributed by atoms with E-state index < -0.39 is 17.4 Å². The Balaban J connectivity index is 2.96. The van der Waals surface area contributed by atoms with E-state index in [0.717, 1.165) is 10.9 Å². The van der Waals surface area contributed by atoms with E-state index >= 15 is 0 Å². The molecule has 0 aliphatic rings. The number of carboxylic acids is 2. The van der Waals surface area contributed by atoms with Gasteiger partial charge in [-0.2, -0.15) is 0 Å². The first-order chi connectivity index (χ1) is 9.98. The number of benzene rings is 2. The number of carbonyl (C=O) groups is 2. The standard InChI is InChI=1S/C17H18O4/c1-3-11-9-10-12-7-5-6-8-13(12)14(11)17(4-2,15(18)19)16(20)21/h5-10H,3-4H2,1-2H3,(H,18,19)(H,20,21). The Morgan fingerprint density at radius 3 is 2.14 bits per heavy atom. The highest BCUT2D eigenvalue weighted by Gasteiger charge is 2.48. The molecule has 2 rings (SSSR count). The summed E-state index contributed by atoms with van der Waals surface area (Å²) in [6, 6.07) is 11.0. The predicted octanol–water partition coefficient (Wildman–Crippen LogP) is 3.22. The summed E-state index contributed by atoms with van der Waals surface area (Å²) in [7, 11) is 0. The maximum Gasteiger partial charge on any atom is 0.325 e. The van der Waals surface area contributed by atoms with E-state index in [-0.39, 0.29) is 6.42 Å². The van der Waals surface area contributed by atoms with E-state index in [4.69, 9.17) is 0 Å². The first kappa shape index (κ1) is 15.0. The summed E-state index contributed by atoms with van der Waals surface area (Å²) in [4.78, 5) is 23.7. The van der Waals surface area contributed by atoms with Gasteiger partial charge in [-0.05, 0) is 34.7 Å². The Hall–Kier alpha value is -2.36.